The molecule has 0 saturated carbocycles. The predicted molar refractivity (Wildman–Crippen MR) is 54.5 cm³/mol. The highest BCUT2D eigenvalue weighted by Crippen LogP contribution is 2.59. The van der Waals surface area contributed by atoms with Gasteiger partial charge in [0.2, 0.25) is 0 Å². The molecule has 0 aromatic heterocycles. The Hall–Kier alpha value is -0.640. The second kappa shape index (κ2) is 5.45. The summed E-state index contributed by atoms with van der Waals surface area (Å²) in [6, 6.07) is 0. The Kier molecular flexibility index (Phi) is 4.51. The number of allylic oxidation sites excluding steroid dienone is 1. The minimum absolute atomic E-state index is 0.0401. The molecule has 0 aromatic rings. The molecule has 5 nitrogen and oxygen atoms in total. The molecular weight excluding hydrogens is 219 g/mol. The summed E-state index contributed by atoms with van der Waals surface area (Å²) in [7, 11) is -3.20. The molecule has 15 heavy (non-hydrogen) atoms. The van der Waals surface area contributed by atoms with Gasteiger partial charge in [-0.1, -0.05) is 6.08 Å². The van der Waals surface area contributed by atoms with Crippen molar-refractivity contribution in [2.75, 3.05) is 19.8 Å². The Labute approximate surface area is 88.9 Å². The Morgan fingerprint density at radius 3 is 2.53 bits per heavy atom. The van der Waals surface area contributed by atoms with Gasteiger partial charge in [-0.15, -0.1) is 0 Å². The fraction of sp³-hybridized carbons (Fsp3) is 0.667. The van der Waals surface area contributed by atoms with Crippen LogP contribution in [0, 0.1) is 0 Å². The predicted octanol–water partition coefficient (Wildman–Crippen LogP) is 2.08. The topological polar surface area (TPSA) is 61.8 Å². The molecule has 0 bridgehead atoms. The van der Waals surface area contributed by atoms with Gasteiger partial charge in [-0.2, -0.15) is 0 Å². The second-order valence-corrected chi connectivity index (χ2v) is 5.01. The van der Waals surface area contributed by atoms with E-state index in [1.165, 1.54) is 0 Å². The normalized spacial score (nSPS) is 20.3. The number of rotatable bonds is 4. The molecule has 0 aromatic carbocycles. The molecule has 1 rings (SSSR count). The lowest BCUT2D eigenvalue weighted by atomic mass is 10.4. The maximum atomic E-state index is 12.0. The monoisotopic (exact) mass is 234 g/mol. The number of carbonyl (C=O) groups is 1. The van der Waals surface area contributed by atoms with Crippen molar-refractivity contribution in [3.8, 4) is 0 Å². The molecule has 1 aliphatic heterocycles. The number of carbonyl (C=O) groups excluding carboxylic acids is 1. The van der Waals surface area contributed by atoms with Gasteiger partial charge in [0.15, 0.2) is 0 Å². The van der Waals surface area contributed by atoms with Crippen LogP contribution in [0.2, 0.25) is 0 Å². The van der Waals surface area contributed by atoms with Crippen molar-refractivity contribution in [1.29, 1.82) is 0 Å². The summed E-state index contributed by atoms with van der Waals surface area (Å²) >= 11 is 0. The minimum Gasteiger partial charge on any atom is -0.466 e. The van der Waals surface area contributed by atoms with Gasteiger partial charge in [0.05, 0.1) is 26.2 Å². The zero-order valence-corrected chi connectivity index (χ0v) is 9.79. The van der Waals surface area contributed by atoms with Gasteiger partial charge < -0.3 is 13.8 Å². The molecule has 0 amide bonds. The lowest BCUT2D eigenvalue weighted by Crippen LogP contribution is -2.05. The molecular formula is C9H15O5P. The third kappa shape index (κ3) is 3.16. The van der Waals surface area contributed by atoms with E-state index in [0.29, 0.717) is 25.1 Å². The van der Waals surface area contributed by atoms with Gasteiger partial charge in [0, 0.05) is 5.31 Å². The summed E-state index contributed by atoms with van der Waals surface area (Å²) in [5, 5.41) is 0.374. The zero-order chi connectivity index (χ0) is 11.3. The lowest BCUT2D eigenvalue weighted by Gasteiger charge is -2.12. The van der Waals surface area contributed by atoms with Crippen LogP contribution >= 0.6 is 7.60 Å². The zero-order valence-electron chi connectivity index (χ0n) is 8.89. The fourth-order valence-electron chi connectivity index (χ4n) is 1.23. The van der Waals surface area contributed by atoms with Crippen LogP contribution in [0.1, 0.15) is 20.3 Å². The van der Waals surface area contributed by atoms with E-state index in [2.05, 4.69) is 0 Å². The SMILES string of the molecule is C/C=C(/CC(=O)OCC)P1(=O)OCCO1. The summed E-state index contributed by atoms with van der Waals surface area (Å²) in [5.41, 5.74) is 0. The first kappa shape index (κ1) is 12.4. The van der Waals surface area contributed by atoms with Crippen LogP contribution < -0.4 is 0 Å². The van der Waals surface area contributed by atoms with Crippen molar-refractivity contribution >= 4 is 13.6 Å². The van der Waals surface area contributed by atoms with Gasteiger partial charge in [-0.25, -0.2) is 0 Å². The van der Waals surface area contributed by atoms with Gasteiger partial charge >= 0.3 is 13.6 Å². The van der Waals surface area contributed by atoms with Crippen LogP contribution in [0.25, 0.3) is 0 Å². The lowest BCUT2D eigenvalue weighted by molar-refractivity contribution is -0.142. The van der Waals surface area contributed by atoms with Crippen molar-refractivity contribution in [3.63, 3.8) is 0 Å². The maximum Gasteiger partial charge on any atom is 0.357 e. The van der Waals surface area contributed by atoms with Gasteiger partial charge in [-0.3, -0.25) is 9.36 Å². The van der Waals surface area contributed by atoms with Crippen LogP contribution in [0.15, 0.2) is 11.4 Å². The first-order valence-corrected chi connectivity index (χ1v) is 6.37. The highest BCUT2D eigenvalue weighted by atomic mass is 31.2. The summed E-state index contributed by atoms with van der Waals surface area (Å²) in [4.78, 5) is 11.2. The smallest absolute Gasteiger partial charge is 0.357 e. The maximum absolute atomic E-state index is 12.0. The molecule has 0 N–H and O–H groups in total. The van der Waals surface area contributed by atoms with Crippen LogP contribution in [-0.4, -0.2) is 25.8 Å². The molecule has 1 aliphatic rings. The largest absolute Gasteiger partial charge is 0.466 e. The molecule has 0 unspecified atom stereocenters. The molecule has 6 heteroatoms. The van der Waals surface area contributed by atoms with Crippen molar-refractivity contribution < 1.29 is 23.1 Å². The van der Waals surface area contributed by atoms with Crippen molar-refractivity contribution in [3.05, 3.63) is 11.4 Å². The Balaban J connectivity index is 2.65. The van der Waals surface area contributed by atoms with E-state index in [9.17, 15) is 9.36 Å². The average Bonchev–Trinajstić information content (AvgIpc) is 2.63. The Morgan fingerprint density at radius 1 is 1.47 bits per heavy atom. The molecule has 1 heterocycles. The van der Waals surface area contributed by atoms with Crippen molar-refractivity contribution in [2.24, 2.45) is 0 Å². The van der Waals surface area contributed by atoms with Crippen LogP contribution in [0.3, 0.4) is 0 Å². The summed E-state index contributed by atoms with van der Waals surface area (Å²) in [6.07, 6.45) is 1.55. The molecule has 0 spiro atoms. The van der Waals surface area contributed by atoms with Crippen LogP contribution in [-0.2, 0) is 23.1 Å². The molecule has 1 fully saturated rings. The summed E-state index contributed by atoms with van der Waals surface area (Å²) < 4.78 is 26.8. The molecule has 0 radical (unpaired) electrons. The molecule has 0 aliphatic carbocycles. The Bertz CT molecular complexity index is 300. The molecule has 0 atom stereocenters. The fourth-order valence-corrected chi connectivity index (χ4v) is 2.91. The number of ether oxygens (including phenoxy) is 1. The number of esters is 1. The average molecular weight is 234 g/mol. The third-order valence-electron chi connectivity index (χ3n) is 1.92. The third-order valence-corrected chi connectivity index (χ3v) is 4.09. The number of hydrogen-bond acceptors (Lipinski definition) is 5. The van der Waals surface area contributed by atoms with Crippen molar-refractivity contribution in [2.45, 2.75) is 20.3 Å². The first-order valence-electron chi connectivity index (χ1n) is 4.83. The van der Waals surface area contributed by atoms with E-state index in [1.54, 1.807) is 19.9 Å². The van der Waals surface area contributed by atoms with Gasteiger partial charge in [0.25, 0.3) is 0 Å². The van der Waals surface area contributed by atoms with E-state index in [4.69, 9.17) is 13.8 Å². The number of hydrogen-bond donors (Lipinski definition) is 0. The highest BCUT2D eigenvalue weighted by molar-refractivity contribution is 7.58. The van der Waals surface area contributed by atoms with Crippen LogP contribution in [0.5, 0.6) is 0 Å². The standard InChI is InChI=1S/C9H15O5P/c1-3-8(7-9(10)12-4-2)15(11)13-5-6-14-15/h3H,4-7H2,1-2H3/b8-3-. The highest BCUT2D eigenvalue weighted by Gasteiger charge is 2.35. The first-order chi connectivity index (χ1) is 7.12. The van der Waals surface area contributed by atoms with Crippen LogP contribution in [0.4, 0.5) is 0 Å². The van der Waals surface area contributed by atoms with E-state index < -0.39 is 13.6 Å². The second-order valence-electron chi connectivity index (χ2n) is 2.93. The van der Waals surface area contributed by atoms with Gasteiger partial charge in [-0.05, 0) is 13.8 Å². The Morgan fingerprint density at radius 2 is 2.07 bits per heavy atom. The van der Waals surface area contributed by atoms with E-state index in [0.717, 1.165) is 0 Å². The molecule has 1 saturated heterocycles. The summed E-state index contributed by atoms with van der Waals surface area (Å²) in [5.74, 6) is -0.417. The van der Waals surface area contributed by atoms with Crippen molar-refractivity contribution in [1.82, 2.24) is 0 Å². The van der Waals surface area contributed by atoms with Gasteiger partial charge in [0.1, 0.15) is 0 Å². The minimum atomic E-state index is -3.20. The van der Waals surface area contributed by atoms with E-state index in [1.807, 2.05) is 0 Å². The quantitative estimate of drug-likeness (QED) is 0.550. The van der Waals surface area contributed by atoms with E-state index >= 15 is 0 Å². The van der Waals surface area contributed by atoms with E-state index in [-0.39, 0.29) is 6.42 Å². The summed E-state index contributed by atoms with van der Waals surface area (Å²) in [6.45, 7) is 4.33. The molecule has 86 valence electrons.